The third-order valence-electron chi connectivity index (χ3n) is 5.40. The van der Waals surface area contributed by atoms with Gasteiger partial charge in [0.15, 0.2) is 0 Å². The van der Waals surface area contributed by atoms with Gasteiger partial charge in [0.25, 0.3) is 5.91 Å². The zero-order valence-electron chi connectivity index (χ0n) is 18.2. The van der Waals surface area contributed by atoms with Crippen LogP contribution in [-0.2, 0) is 17.7 Å². The SMILES string of the molecule is CCc1nc(N(N)CC)c(C)c(NC2CCOCC2)c1CNC(=O)c1cc(C)no1. The summed E-state index contributed by atoms with van der Waals surface area (Å²) in [5.74, 6) is 6.86. The number of hydrogen-bond donors (Lipinski definition) is 3. The van der Waals surface area contributed by atoms with E-state index in [0.29, 0.717) is 24.8 Å². The summed E-state index contributed by atoms with van der Waals surface area (Å²) >= 11 is 0. The van der Waals surface area contributed by atoms with Gasteiger partial charge in [0, 0.05) is 60.9 Å². The van der Waals surface area contributed by atoms with Gasteiger partial charge in [-0.1, -0.05) is 12.1 Å². The molecule has 30 heavy (non-hydrogen) atoms. The number of rotatable bonds is 8. The van der Waals surface area contributed by atoms with Crippen LogP contribution in [-0.4, -0.2) is 41.8 Å². The van der Waals surface area contributed by atoms with Crippen molar-refractivity contribution in [3.05, 3.63) is 34.3 Å². The van der Waals surface area contributed by atoms with Crippen molar-refractivity contribution in [2.75, 3.05) is 30.1 Å². The smallest absolute Gasteiger partial charge is 0.290 e. The largest absolute Gasteiger partial charge is 0.381 e. The van der Waals surface area contributed by atoms with Crippen molar-refractivity contribution in [1.29, 1.82) is 0 Å². The molecule has 4 N–H and O–H groups in total. The molecule has 2 aromatic rings. The van der Waals surface area contributed by atoms with E-state index in [1.807, 2.05) is 13.8 Å². The van der Waals surface area contributed by atoms with E-state index in [2.05, 4.69) is 22.7 Å². The molecule has 1 amide bonds. The predicted molar refractivity (Wildman–Crippen MR) is 115 cm³/mol. The van der Waals surface area contributed by atoms with Gasteiger partial charge in [-0.15, -0.1) is 0 Å². The van der Waals surface area contributed by atoms with Crippen molar-refractivity contribution in [3.8, 4) is 0 Å². The molecular weight excluding hydrogens is 384 g/mol. The molecule has 1 saturated heterocycles. The van der Waals surface area contributed by atoms with Gasteiger partial charge in [0.05, 0.1) is 5.69 Å². The number of nitrogens with one attached hydrogen (secondary N) is 2. The van der Waals surface area contributed by atoms with Gasteiger partial charge < -0.3 is 19.9 Å². The number of anilines is 2. The number of carbonyl (C=O) groups is 1. The number of aromatic nitrogens is 2. The van der Waals surface area contributed by atoms with Gasteiger partial charge in [-0.25, -0.2) is 10.8 Å². The van der Waals surface area contributed by atoms with Crippen LogP contribution in [0.25, 0.3) is 0 Å². The molecular formula is C21H32N6O3. The number of aryl methyl sites for hydroxylation is 2. The minimum Gasteiger partial charge on any atom is -0.381 e. The van der Waals surface area contributed by atoms with E-state index >= 15 is 0 Å². The Hall–Kier alpha value is -2.65. The first-order valence-electron chi connectivity index (χ1n) is 10.5. The zero-order chi connectivity index (χ0) is 21.7. The molecule has 0 spiro atoms. The van der Waals surface area contributed by atoms with Gasteiger partial charge in [0.2, 0.25) is 5.76 Å². The Labute approximate surface area is 177 Å². The summed E-state index contributed by atoms with van der Waals surface area (Å²) in [5.41, 5.74) is 4.51. The Kier molecular flexibility index (Phi) is 7.28. The number of ether oxygens (including phenoxy) is 1. The Bertz CT molecular complexity index is 876. The summed E-state index contributed by atoms with van der Waals surface area (Å²) in [6.07, 6.45) is 2.59. The summed E-state index contributed by atoms with van der Waals surface area (Å²) in [6, 6.07) is 1.92. The van der Waals surface area contributed by atoms with Gasteiger partial charge in [-0.3, -0.25) is 9.80 Å². The van der Waals surface area contributed by atoms with Gasteiger partial charge >= 0.3 is 0 Å². The summed E-state index contributed by atoms with van der Waals surface area (Å²) in [7, 11) is 0. The lowest BCUT2D eigenvalue weighted by Gasteiger charge is -2.29. The number of pyridine rings is 1. The second kappa shape index (κ2) is 9.90. The maximum absolute atomic E-state index is 12.5. The first kappa shape index (κ1) is 22.0. The van der Waals surface area contributed by atoms with Crippen molar-refractivity contribution in [2.24, 2.45) is 5.84 Å². The number of carbonyl (C=O) groups excluding carboxylic acids is 1. The molecule has 1 aliphatic heterocycles. The van der Waals surface area contributed by atoms with Crippen molar-refractivity contribution in [1.82, 2.24) is 15.5 Å². The number of nitrogens with zero attached hydrogens (tertiary/aromatic N) is 3. The van der Waals surface area contributed by atoms with E-state index in [0.717, 1.165) is 60.8 Å². The lowest BCUT2D eigenvalue weighted by molar-refractivity contribution is 0.0904. The molecule has 0 saturated carbocycles. The molecule has 0 bridgehead atoms. The molecule has 164 valence electrons. The third kappa shape index (κ3) is 4.91. The molecule has 3 heterocycles. The van der Waals surface area contributed by atoms with Crippen LogP contribution in [0.3, 0.4) is 0 Å². The highest BCUT2D eigenvalue weighted by Crippen LogP contribution is 2.32. The monoisotopic (exact) mass is 416 g/mol. The standard InChI is InChI=1S/C21H32N6O3/c1-5-17-16(12-23-21(28)18-11-13(3)26-30-18)19(24-15-7-9-29-10-8-15)14(4)20(25-17)27(22)6-2/h11,15H,5-10,12,22H2,1-4H3,(H,23,28)(H,24,25). The molecule has 0 unspecified atom stereocenters. The number of hydrogen-bond acceptors (Lipinski definition) is 8. The lowest BCUT2D eigenvalue weighted by Crippen LogP contribution is -2.34. The quantitative estimate of drug-likeness (QED) is 0.444. The molecule has 9 nitrogen and oxygen atoms in total. The Morgan fingerprint density at radius 1 is 1.30 bits per heavy atom. The van der Waals surface area contributed by atoms with Gasteiger partial charge in [0.1, 0.15) is 5.82 Å². The van der Waals surface area contributed by atoms with Gasteiger partial charge in [-0.2, -0.15) is 0 Å². The fourth-order valence-electron chi connectivity index (χ4n) is 3.64. The minimum atomic E-state index is -0.301. The number of amides is 1. The Balaban J connectivity index is 1.93. The van der Waals surface area contributed by atoms with E-state index in [1.165, 1.54) is 0 Å². The van der Waals surface area contributed by atoms with E-state index in [9.17, 15) is 4.79 Å². The first-order chi connectivity index (χ1) is 14.4. The highest BCUT2D eigenvalue weighted by atomic mass is 16.5. The molecule has 2 aromatic heterocycles. The van der Waals surface area contributed by atoms with Crippen molar-refractivity contribution < 1.29 is 14.1 Å². The van der Waals surface area contributed by atoms with E-state index in [4.69, 9.17) is 20.1 Å². The van der Waals surface area contributed by atoms with E-state index in [-0.39, 0.29) is 11.7 Å². The van der Waals surface area contributed by atoms with Crippen LogP contribution in [0.15, 0.2) is 10.6 Å². The molecule has 1 aliphatic rings. The van der Waals surface area contributed by atoms with Crippen molar-refractivity contribution in [3.63, 3.8) is 0 Å². The molecule has 0 aromatic carbocycles. The van der Waals surface area contributed by atoms with Crippen LogP contribution in [0, 0.1) is 13.8 Å². The van der Waals surface area contributed by atoms with Crippen molar-refractivity contribution in [2.45, 2.75) is 59.5 Å². The van der Waals surface area contributed by atoms with Crippen LogP contribution < -0.4 is 21.5 Å². The van der Waals surface area contributed by atoms with Crippen LogP contribution in [0.4, 0.5) is 11.5 Å². The average Bonchev–Trinajstić information content (AvgIpc) is 3.20. The molecule has 0 atom stereocenters. The molecule has 0 radical (unpaired) electrons. The molecule has 1 fully saturated rings. The zero-order valence-corrected chi connectivity index (χ0v) is 18.2. The van der Waals surface area contributed by atoms with Crippen LogP contribution in [0.5, 0.6) is 0 Å². The van der Waals surface area contributed by atoms with Crippen LogP contribution in [0.1, 0.15) is 59.8 Å². The number of nitrogens with two attached hydrogens (primary N) is 1. The number of hydrazine groups is 1. The normalized spacial score (nSPS) is 14.6. The molecule has 0 aliphatic carbocycles. The second-order valence-electron chi connectivity index (χ2n) is 7.55. The summed E-state index contributed by atoms with van der Waals surface area (Å²) < 4.78 is 10.6. The summed E-state index contributed by atoms with van der Waals surface area (Å²) in [4.78, 5) is 17.3. The predicted octanol–water partition coefficient (Wildman–Crippen LogP) is 2.47. The Morgan fingerprint density at radius 2 is 2.03 bits per heavy atom. The Morgan fingerprint density at radius 3 is 2.63 bits per heavy atom. The van der Waals surface area contributed by atoms with E-state index < -0.39 is 0 Å². The second-order valence-corrected chi connectivity index (χ2v) is 7.55. The maximum Gasteiger partial charge on any atom is 0.290 e. The lowest BCUT2D eigenvalue weighted by atomic mass is 10.0. The van der Waals surface area contributed by atoms with E-state index in [1.54, 1.807) is 18.0 Å². The van der Waals surface area contributed by atoms with Crippen LogP contribution in [0.2, 0.25) is 0 Å². The fraction of sp³-hybridized carbons (Fsp3) is 0.571. The topological polar surface area (TPSA) is 119 Å². The highest BCUT2D eigenvalue weighted by molar-refractivity contribution is 5.91. The molecule has 9 heteroatoms. The van der Waals surface area contributed by atoms with Crippen LogP contribution >= 0.6 is 0 Å². The average molecular weight is 417 g/mol. The fourth-order valence-corrected chi connectivity index (χ4v) is 3.64. The summed E-state index contributed by atoms with van der Waals surface area (Å²) in [5, 5.41) is 12.1. The minimum absolute atomic E-state index is 0.199. The highest BCUT2D eigenvalue weighted by Gasteiger charge is 2.23. The molecule has 3 rings (SSSR count). The first-order valence-corrected chi connectivity index (χ1v) is 10.5. The van der Waals surface area contributed by atoms with Crippen molar-refractivity contribution >= 4 is 17.4 Å². The maximum atomic E-state index is 12.5. The van der Waals surface area contributed by atoms with Gasteiger partial charge in [-0.05, 0) is 40.0 Å². The third-order valence-corrected chi connectivity index (χ3v) is 5.40. The summed E-state index contributed by atoms with van der Waals surface area (Å²) in [6.45, 7) is 10.3.